The van der Waals surface area contributed by atoms with Crippen molar-refractivity contribution in [3.8, 4) is 11.4 Å². The third-order valence-corrected chi connectivity index (χ3v) is 7.84. The third-order valence-electron chi connectivity index (χ3n) is 5.60. The Morgan fingerprint density at radius 1 is 1.24 bits per heavy atom. The molecule has 0 N–H and O–H groups in total. The van der Waals surface area contributed by atoms with Crippen molar-refractivity contribution in [1.29, 1.82) is 0 Å². The highest BCUT2D eigenvalue weighted by molar-refractivity contribution is 7.91. The first-order chi connectivity index (χ1) is 13.5. The van der Waals surface area contributed by atoms with Crippen LogP contribution in [0.1, 0.15) is 46.1 Å². The molecule has 1 atom stereocenters. The zero-order chi connectivity index (χ0) is 21.4. The molecule has 0 radical (unpaired) electrons. The Labute approximate surface area is 179 Å². The second-order valence-corrected chi connectivity index (χ2v) is 11.6. The first-order valence-electron chi connectivity index (χ1n) is 10.2. The van der Waals surface area contributed by atoms with Crippen molar-refractivity contribution in [2.75, 3.05) is 18.1 Å². The Kier molecular flexibility index (Phi) is 6.36. The summed E-state index contributed by atoms with van der Waals surface area (Å²) in [5.41, 5.74) is 2.40. The fourth-order valence-electron chi connectivity index (χ4n) is 3.84. The molecule has 0 aliphatic carbocycles. The smallest absolute Gasteiger partial charge is 0.199 e. The molecule has 1 aliphatic rings. The highest BCUT2D eigenvalue weighted by Gasteiger charge is 2.32. The van der Waals surface area contributed by atoms with E-state index in [-0.39, 0.29) is 23.0 Å². The highest BCUT2D eigenvalue weighted by atomic mass is 32.2. The summed E-state index contributed by atoms with van der Waals surface area (Å²) in [4.78, 5) is 2.21. The van der Waals surface area contributed by atoms with Crippen molar-refractivity contribution >= 4 is 22.1 Å². The van der Waals surface area contributed by atoms with Crippen LogP contribution < -0.4 is 0 Å². The molecule has 1 aliphatic heterocycles. The van der Waals surface area contributed by atoms with Gasteiger partial charge in [0.25, 0.3) is 0 Å². The minimum atomic E-state index is -2.93. The van der Waals surface area contributed by atoms with Crippen molar-refractivity contribution in [3.05, 3.63) is 34.6 Å². The SMILES string of the molecule is CCCN(Cn1nc(-c2ccc(C(C)(C)C)cc2)n(C)c1=S)[C@@H]1CCS(=O)(=O)C1. The lowest BCUT2D eigenvalue weighted by molar-refractivity contribution is 0.155. The average Bonchev–Trinajstić information content (AvgIpc) is 3.14. The molecule has 0 spiro atoms. The van der Waals surface area contributed by atoms with Crippen molar-refractivity contribution < 1.29 is 8.42 Å². The highest BCUT2D eigenvalue weighted by Crippen LogP contribution is 2.26. The number of benzene rings is 1. The van der Waals surface area contributed by atoms with Gasteiger partial charge in [-0.2, -0.15) is 5.10 Å². The summed E-state index contributed by atoms with van der Waals surface area (Å²) in [6.07, 6.45) is 1.64. The molecule has 1 fully saturated rings. The van der Waals surface area contributed by atoms with E-state index in [1.165, 1.54) is 5.56 Å². The molecule has 0 bridgehead atoms. The summed E-state index contributed by atoms with van der Waals surface area (Å²) < 4.78 is 28.3. The Bertz CT molecular complexity index is 1010. The van der Waals surface area contributed by atoms with Gasteiger partial charge in [-0.3, -0.25) is 4.90 Å². The van der Waals surface area contributed by atoms with E-state index >= 15 is 0 Å². The van der Waals surface area contributed by atoms with Crippen molar-refractivity contribution in [3.63, 3.8) is 0 Å². The molecule has 1 aromatic carbocycles. The summed E-state index contributed by atoms with van der Waals surface area (Å²) in [5.74, 6) is 1.33. The molecule has 29 heavy (non-hydrogen) atoms. The average molecular weight is 437 g/mol. The summed E-state index contributed by atoms with van der Waals surface area (Å²) >= 11 is 5.64. The van der Waals surface area contributed by atoms with Gasteiger partial charge in [0.2, 0.25) is 0 Å². The molecular formula is C21H32N4O2S2. The van der Waals surface area contributed by atoms with Crippen molar-refractivity contribution in [1.82, 2.24) is 19.2 Å². The van der Waals surface area contributed by atoms with E-state index in [0.717, 1.165) is 24.4 Å². The fourth-order valence-corrected chi connectivity index (χ4v) is 5.79. The van der Waals surface area contributed by atoms with Gasteiger partial charge in [-0.15, -0.1) is 0 Å². The lowest BCUT2D eigenvalue weighted by Crippen LogP contribution is -2.38. The Balaban J connectivity index is 1.87. The zero-order valence-electron chi connectivity index (χ0n) is 18.1. The van der Waals surface area contributed by atoms with Gasteiger partial charge in [0, 0.05) is 18.7 Å². The molecule has 2 heterocycles. The lowest BCUT2D eigenvalue weighted by Gasteiger charge is -2.27. The Morgan fingerprint density at radius 3 is 2.41 bits per heavy atom. The molecule has 0 unspecified atom stereocenters. The molecule has 0 saturated carbocycles. The number of nitrogens with zero attached hydrogens (tertiary/aromatic N) is 4. The number of rotatable bonds is 6. The first kappa shape index (κ1) is 22.2. The van der Waals surface area contributed by atoms with Crippen LogP contribution in [-0.4, -0.2) is 51.8 Å². The van der Waals surface area contributed by atoms with Crippen molar-refractivity contribution in [2.24, 2.45) is 7.05 Å². The van der Waals surface area contributed by atoms with Gasteiger partial charge in [-0.25, -0.2) is 13.1 Å². The number of aromatic nitrogens is 3. The summed E-state index contributed by atoms with van der Waals surface area (Å²) in [7, 11) is -0.992. The Morgan fingerprint density at radius 2 is 1.90 bits per heavy atom. The van der Waals surface area contributed by atoms with Gasteiger partial charge in [-0.1, -0.05) is 52.0 Å². The van der Waals surface area contributed by atoms with E-state index < -0.39 is 9.84 Å². The van der Waals surface area contributed by atoms with E-state index in [0.29, 0.717) is 17.9 Å². The van der Waals surface area contributed by atoms with Crippen LogP contribution in [0.4, 0.5) is 0 Å². The predicted octanol–water partition coefficient (Wildman–Crippen LogP) is 3.77. The topological polar surface area (TPSA) is 60.1 Å². The lowest BCUT2D eigenvalue weighted by atomic mass is 9.87. The van der Waals surface area contributed by atoms with E-state index in [1.807, 2.05) is 16.3 Å². The zero-order valence-corrected chi connectivity index (χ0v) is 19.7. The largest absolute Gasteiger partial charge is 0.303 e. The van der Waals surface area contributed by atoms with Crippen LogP contribution in [0.2, 0.25) is 0 Å². The van der Waals surface area contributed by atoms with E-state index in [9.17, 15) is 8.42 Å². The normalized spacial score (nSPS) is 19.2. The number of hydrogen-bond acceptors (Lipinski definition) is 5. The maximum Gasteiger partial charge on any atom is 0.199 e. The molecule has 1 saturated heterocycles. The first-order valence-corrected chi connectivity index (χ1v) is 12.4. The van der Waals surface area contributed by atoms with Crippen LogP contribution >= 0.6 is 12.2 Å². The van der Waals surface area contributed by atoms with Crippen LogP contribution in [0.3, 0.4) is 0 Å². The van der Waals surface area contributed by atoms with E-state index in [1.54, 1.807) is 0 Å². The van der Waals surface area contributed by atoms with Gasteiger partial charge in [0.05, 0.1) is 18.2 Å². The number of sulfone groups is 1. The quantitative estimate of drug-likeness (QED) is 0.645. The van der Waals surface area contributed by atoms with Gasteiger partial charge in [0.1, 0.15) is 0 Å². The van der Waals surface area contributed by atoms with Gasteiger partial charge >= 0.3 is 0 Å². The molecular weight excluding hydrogens is 404 g/mol. The second-order valence-electron chi connectivity index (χ2n) is 9.00. The molecule has 0 amide bonds. The summed E-state index contributed by atoms with van der Waals surface area (Å²) in [5, 5.41) is 4.79. The van der Waals surface area contributed by atoms with Crippen LogP contribution in [0.25, 0.3) is 11.4 Å². The standard InChI is InChI=1S/C21H32N4O2S2/c1-6-12-24(18-11-13-29(26,27)14-18)15-25-20(28)23(5)19(22-25)16-7-9-17(10-8-16)21(2,3)4/h7-10,18H,6,11-15H2,1-5H3/t18-/m1/s1. The maximum absolute atomic E-state index is 11.9. The maximum atomic E-state index is 11.9. The minimum Gasteiger partial charge on any atom is -0.303 e. The van der Waals surface area contributed by atoms with Gasteiger partial charge in [0.15, 0.2) is 20.4 Å². The summed E-state index contributed by atoms with van der Waals surface area (Å²) in [6, 6.07) is 8.51. The monoisotopic (exact) mass is 436 g/mol. The molecule has 8 heteroatoms. The van der Waals surface area contributed by atoms with E-state index in [4.69, 9.17) is 17.3 Å². The van der Waals surface area contributed by atoms with Crippen LogP contribution in [0.15, 0.2) is 24.3 Å². The second kappa shape index (κ2) is 8.32. The molecule has 1 aromatic heterocycles. The predicted molar refractivity (Wildman–Crippen MR) is 120 cm³/mol. The molecule has 3 rings (SSSR count). The van der Waals surface area contributed by atoms with Crippen LogP contribution in [0.5, 0.6) is 0 Å². The molecule has 6 nitrogen and oxygen atoms in total. The molecule has 160 valence electrons. The van der Waals surface area contributed by atoms with Gasteiger partial charge < -0.3 is 4.57 Å². The fraction of sp³-hybridized carbons (Fsp3) is 0.619. The van der Waals surface area contributed by atoms with Gasteiger partial charge in [-0.05, 0) is 42.6 Å². The number of hydrogen-bond donors (Lipinski definition) is 0. The summed E-state index contributed by atoms with van der Waals surface area (Å²) in [6.45, 7) is 10.0. The Hall–Kier alpha value is -1.51. The van der Waals surface area contributed by atoms with E-state index in [2.05, 4.69) is 56.9 Å². The third kappa shape index (κ3) is 4.98. The van der Waals surface area contributed by atoms with Crippen LogP contribution in [0, 0.1) is 4.77 Å². The van der Waals surface area contributed by atoms with Crippen LogP contribution in [-0.2, 0) is 29.0 Å². The molecule has 2 aromatic rings. The van der Waals surface area contributed by atoms with Crippen molar-refractivity contribution in [2.45, 2.75) is 58.7 Å². The minimum absolute atomic E-state index is 0.0402.